The van der Waals surface area contributed by atoms with E-state index >= 15 is 0 Å². The van der Waals surface area contributed by atoms with Gasteiger partial charge in [-0.1, -0.05) is 0 Å². The first-order valence-electron chi connectivity index (χ1n) is 6.01. The zero-order valence-electron chi connectivity index (χ0n) is 10.7. The van der Waals surface area contributed by atoms with Gasteiger partial charge in [0, 0.05) is 13.1 Å². The molecule has 0 amide bonds. The zero-order valence-corrected chi connectivity index (χ0v) is 10.7. The maximum atomic E-state index is 13.9. The highest BCUT2D eigenvalue weighted by molar-refractivity contribution is 5.88. The molecule has 1 fully saturated rings. The molecule has 104 valence electrons. The molecule has 0 saturated carbocycles. The number of carbonyl (C=O) groups is 1. The summed E-state index contributed by atoms with van der Waals surface area (Å²) in [4.78, 5) is 12.3. The Morgan fingerprint density at radius 2 is 1.74 bits per heavy atom. The van der Waals surface area contributed by atoms with Crippen LogP contribution in [0.2, 0.25) is 0 Å². The Morgan fingerprint density at radius 1 is 1.26 bits per heavy atom. The Kier molecular flexibility index (Phi) is 3.71. The third-order valence-electron chi connectivity index (χ3n) is 3.00. The average Bonchev–Trinajstić information content (AvgIpc) is 2.26. The molecule has 1 aromatic carbocycles. The lowest BCUT2D eigenvalue weighted by atomic mass is 10.1. The maximum Gasteiger partial charge on any atom is 0.335 e. The number of halogens is 2. The number of nitrogens with zero attached hydrogens (tertiary/aromatic N) is 1. The quantitative estimate of drug-likeness (QED) is 0.896. The minimum atomic E-state index is -1.35. The van der Waals surface area contributed by atoms with Crippen LogP contribution in [-0.2, 0) is 4.74 Å². The Bertz CT molecular complexity index is 474. The van der Waals surface area contributed by atoms with Gasteiger partial charge < -0.3 is 14.7 Å². The van der Waals surface area contributed by atoms with Gasteiger partial charge in [-0.3, -0.25) is 0 Å². The summed E-state index contributed by atoms with van der Waals surface area (Å²) in [6.45, 7) is 4.38. The number of benzene rings is 1. The molecule has 2 atom stereocenters. The molecule has 0 radical (unpaired) electrons. The molecule has 19 heavy (non-hydrogen) atoms. The summed E-state index contributed by atoms with van der Waals surface area (Å²) in [5.74, 6) is -3.08. The Morgan fingerprint density at radius 3 is 2.16 bits per heavy atom. The van der Waals surface area contributed by atoms with Crippen molar-refractivity contribution >= 4 is 11.7 Å². The normalized spacial score (nSPS) is 23.5. The predicted octanol–water partition coefficient (Wildman–Crippen LogP) is 2.28. The van der Waals surface area contributed by atoms with E-state index in [9.17, 15) is 13.6 Å². The highest BCUT2D eigenvalue weighted by Crippen LogP contribution is 2.27. The third-order valence-corrected chi connectivity index (χ3v) is 3.00. The van der Waals surface area contributed by atoms with Gasteiger partial charge in [-0.2, -0.15) is 0 Å². The lowest BCUT2D eigenvalue weighted by Crippen LogP contribution is -2.46. The molecular weight excluding hydrogens is 256 g/mol. The van der Waals surface area contributed by atoms with Crippen molar-refractivity contribution in [3.63, 3.8) is 0 Å². The fraction of sp³-hybridized carbons (Fsp3) is 0.462. The SMILES string of the molecule is C[C@@H]1CN(c2c(F)cc(C(=O)O)cc2F)C[C@H](C)O1. The average molecular weight is 271 g/mol. The lowest BCUT2D eigenvalue weighted by molar-refractivity contribution is -0.00559. The fourth-order valence-electron chi connectivity index (χ4n) is 2.35. The molecule has 6 heteroatoms. The number of ether oxygens (including phenoxy) is 1. The first-order chi connectivity index (χ1) is 8.88. The molecule has 0 spiro atoms. The summed E-state index contributed by atoms with van der Waals surface area (Å²) in [7, 11) is 0. The second-order valence-corrected chi connectivity index (χ2v) is 4.76. The lowest BCUT2D eigenvalue weighted by Gasteiger charge is -2.37. The van der Waals surface area contributed by atoms with Crippen LogP contribution in [0.25, 0.3) is 0 Å². The molecule has 1 N–H and O–H groups in total. The summed E-state index contributed by atoms with van der Waals surface area (Å²) in [5, 5.41) is 8.75. The molecule has 4 nitrogen and oxygen atoms in total. The summed E-state index contributed by atoms with van der Waals surface area (Å²) in [6, 6.07) is 1.68. The van der Waals surface area contributed by atoms with Gasteiger partial charge in [0.25, 0.3) is 0 Å². The summed E-state index contributed by atoms with van der Waals surface area (Å²) in [5.41, 5.74) is -0.583. The van der Waals surface area contributed by atoms with E-state index in [0.717, 1.165) is 12.1 Å². The van der Waals surface area contributed by atoms with Gasteiger partial charge in [0.05, 0.1) is 17.8 Å². The fourth-order valence-corrected chi connectivity index (χ4v) is 2.35. The summed E-state index contributed by atoms with van der Waals surface area (Å²) >= 11 is 0. The second kappa shape index (κ2) is 5.13. The number of anilines is 1. The molecule has 0 bridgehead atoms. The van der Waals surface area contributed by atoms with E-state index in [1.54, 1.807) is 4.90 Å². The standard InChI is InChI=1S/C13H15F2NO3/c1-7-5-16(6-8(2)19-7)12-10(14)3-9(13(17)18)4-11(12)15/h3-4,7-8H,5-6H2,1-2H3,(H,17,18)/t7-,8+. The highest BCUT2D eigenvalue weighted by atomic mass is 19.1. The number of morpholine rings is 1. The Hall–Kier alpha value is -1.69. The van der Waals surface area contributed by atoms with Crippen molar-refractivity contribution in [2.45, 2.75) is 26.1 Å². The van der Waals surface area contributed by atoms with Crippen LogP contribution in [0.4, 0.5) is 14.5 Å². The van der Waals surface area contributed by atoms with Crippen molar-refractivity contribution in [2.75, 3.05) is 18.0 Å². The van der Waals surface area contributed by atoms with Crippen LogP contribution >= 0.6 is 0 Å². The van der Waals surface area contributed by atoms with E-state index in [1.165, 1.54) is 0 Å². The number of carboxylic acids is 1. The highest BCUT2D eigenvalue weighted by Gasteiger charge is 2.27. The van der Waals surface area contributed by atoms with E-state index in [4.69, 9.17) is 9.84 Å². The first kappa shape index (κ1) is 13.7. The number of hydrogen-bond donors (Lipinski definition) is 1. The third kappa shape index (κ3) is 2.84. The van der Waals surface area contributed by atoms with Crippen LogP contribution in [0.5, 0.6) is 0 Å². The number of hydrogen-bond acceptors (Lipinski definition) is 3. The van der Waals surface area contributed by atoms with Crippen LogP contribution in [-0.4, -0.2) is 36.4 Å². The molecule has 0 unspecified atom stereocenters. The maximum absolute atomic E-state index is 13.9. The van der Waals surface area contributed by atoms with Crippen LogP contribution in [0, 0.1) is 11.6 Å². The van der Waals surface area contributed by atoms with Crippen molar-refractivity contribution in [1.29, 1.82) is 0 Å². The minimum Gasteiger partial charge on any atom is -0.478 e. The van der Waals surface area contributed by atoms with Gasteiger partial charge >= 0.3 is 5.97 Å². The van der Waals surface area contributed by atoms with Crippen molar-refractivity contribution in [2.24, 2.45) is 0 Å². The van der Waals surface area contributed by atoms with Gasteiger partial charge in [0.2, 0.25) is 0 Å². The molecule has 1 aliphatic rings. The zero-order chi connectivity index (χ0) is 14.2. The number of aromatic carboxylic acids is 1. The van der Waals surface area contributed by atoms with E-state index < -0.39 is 23.2 Å². The van der Waals surface area contributed by atoms with Crippen molar-refractivity contribution in [3.05, 3.63) is 29.3 Å². The molecule has 1 aromatic rings. The predicted molar refractivity (Wildman–Crippen MR) is 65.5 cm³/mol. The smallest absolute Gasteiger partial charge is 0.335 e. The van der Waals surface area contributed by atoms with Crippen molar-refractivity contribution < 1.29 is 23.4 Å². The van der Waals surface area contributed by atoms with Crippen LogP contribution < -0.4 is 4.90 Å². The minimum absolute atomic E-state index is 0.137. The number of rotatable bonds is 2. The second-order valence-electron chi connectivity index (χ2n) is 4.76. The molecule has 0 aromatic heterocycles. The largest absolute Gasteiger partial charge is 0.478 e. The van der Waals surface area contributed by atoms with E-state index in [1.807, 2.05) is 13.8 Å². The van der Waals surface area contributed by atoms with E-state index in [-0.39, 0.29) is 17.9 Å². The molecule has 0 aliphatic carbocycles. The van der Waals surface area contributed by atoms with Gasteiger partial charge in [-0.15, -0.1) is 0 Å². The first-order valence-corrected chi connectivity index (χ1v) is 6.01. The number of carboxylic acid groups (broad SMARTS) is 1. The van der Waals surface area contributed by atoms with Gasteiger partial charge in [0.15, 0.2) is 0 Å². The molecule has 1 heterocycles. The van der Waals surface area contributed by atoms with E-state index in [2.05, 4.69) is 0 Å². The van der Waals surface area contributed by atoms with Crippen LogP contribution in [0.1, 0.15) is 24.2 Å². The monoisotopic (exact) mass is 271 g/mol. The van der Waals surface area contributed by atoms with Crippen LogP contribution in [0.3, 0.4) is 0 Å². The summed E-state index contributed by atoms with van der Waals surface area (Å²) in [6.07, 6.45) is -0.275. The van der Waals surface area contributed by atoms with E-state index in [0.29, 0.717) is 13.1 Å². The molecular formula is C13H15F2NO3. The topological polar surface area (TPSA) is 49.8 Å². The molecule has 1 saturated heterocycles. The van der Waals surface area contributed by atoms with Gasteiger partial charge in [0.1, 0.15) is 17.3 Å². The molecule has 1 aliphatic heterocycles. The van der Waals surface area contributed by atoms with Crippen molar-refractivity contribution in [3.8, 4) is 0 Å². The Balaban J connectivity index is 2.37. The van der Waals surface area contributed by atoms with Gasteiger partial charge in [-0.05, 0) is 26.0 Å². The van der Waals surface area contributed by atoms with Crippen molar-refractivity contribution in [1.82, 2.24) is 0 Å². The summed E-state index contributed by atoms with van der Waals surface area (Å²) < 4.78 is 33.3. The Labute approximate surface area is 109 Å². The molecule has 2 rings (SSSR count). The van der Waals surface area contributed by atoms with Crippen LogP contribution in [0.15, 0.2) is 12.1 Å². The van der Waals surface area contributed by atoms with Gasteiger partial charge in [-0.25, -0.2) is 13.6 Å².